The topological polar surface area (TPSA) is 67.4 Å². The molecule has 17 heavy (non-hydrogen) atoms. The molecule has 0 bridgehead atoms. The van der Waals surface area contributed by atoms with Crippen LogP contribution in [0.5, 0.6) is 0 Å². The summed E-state index contributed by atoms with van der Waals surface area (Å²) in [7, 11) is 1.41. The van der Waals surface area contributed by atoms with Gasteiger partial charge in [-0.3, -0.25) is 9.59 Å². The van der Waals surface area contributed by atoms with E-state index in [0.29, 0.717) is 6.42 Å². The predicted molar refractivity (Wildman–Crippen MR) is 64.5 cm³/mol. The van der Waals surface area contributed by atoms with Crippen molar-refractivity contribution in [2.45, 2.75) is 32.1 Å². The quantitative estimate of drug-likeness (QED) is 0.479. The van der Waals surface area contributed by atoms with Crippen LogP contribution < -0.4 is 10.6 Å². The van der Waals surface area contributed by atoms with E-state index in [2.05, 4.69) is 15.4 Å². The van der Waals surface area contributed by atoms with Gasteiger partial charge in [-0.2, -0.15) is 0 Å². The largest absolute Gasteiger partial charge is 0.469 e. The fourth-order valence-electron chi connectivity index (χ4n) is 1.68. The second-order valence-electron chi connectivity index (χ2n) is 4.39. The van der Waals surface area contributed by atoms with E-state index in [1.54, 1.807) is 0 Å². The Morgan fingerprint density at radius 3 is 2.53 bits per heavy atom. The number of hydrogen-bond donors (Lipinski definition) is 2. The minimum atomic E-state index is -0.143. The number of carbonyl (C=O) groups excluding carboxylic acids is 2. The number of rotatable bonds is 8. The van der Waals surface area contributed by atoms with Crippen LogP contribution in [-0.2, 0) is 14.3 Å². The highest BCUT2D eigenvalue weighted by atomic mass is 16.5. The molecule has 1 amide bonds. The maximum atomic E-state index is 11.4. The van der Waals surface area contributed by atoms with Crippen molar-refractivity contribution in [2.24, 2.45) is 5.92 Å². The van der Waals surface area contributed by atoms with Crippen molar-refractivity contribution < 1.29 is 14.3 Å². The SMILES string of the molecule is COC(=O)CCCCCCNC(=O)C1CNC1. The third-order valence-electron chi connectivity index (χ3n) is 2.99. The van der Waals surface area contributed by atoms with Gasteiger partial charge in [-0.25, -0.2) is 0 Å². The van der Waals surface area contributed by atoms with Gasteiger partial charge in [-0.05, 0) is 12.8 Å². The monoisotopic (exact) mass is 242 g/mol. The number of unbranched alkanes of at least 4 members (excludes halogenated alkanes) is 3. The number of ether oxygens (including phenoxy) is 1. The van der Waals surface area contributed by atoms with Crippen LogP contribution in [0.15, 0.2) is 0 Å². The van der Waals surface area contributed by atoms with E-state index >= 15 is 0 Å². The predicted octanol–water partition coefficient (Wildman–Crippen LogP) is 0.445. The smallest absolute Gasteiger partial charge is 0.305 e. The molecule has 0 aromatic carbocycles. The van der Waals surface area contributed by atoms with E-state index in [-0.39, 0.29) is 17.8 Å². The maximum absolute atomic E-state index is 11.4. The summed E-state index contributed by atoms with van der Waals surface area (Å²) in [5.74, 6) is 0.198. The third kappa shape index (κ3) is 5.68. The number of amides is 1. The summed E-state index contributed by atoms with van der Waals surface area (Å²) in [4.78, 5) is 22.2. The summed E-state index contributed by atoms with van der Waals surface area (Å²) >= 11 is 0. The van der Waals surface area contributed by atoms with Crippen molar-refractivity contribution >= 4 is 11.9 Å². The first kappa shape index (κ1) is 14.0. The molecule has 0 unspecified atom stereocenters. The lowest BCUT2D eigenvalue weighted by atomic mass is 10.0. The van der Waals surface area contributed by atoms with E-state index in [1.807, 2.05) is 0 Å². The second kappa shape index (κ2) is 8.06. The van der Waals surface area contributed by atoms with Crippen molar-refractivity contribution in [3.63, 3.8) is 0 Å². The Labute approximate surface area is 102 Å². The summed E-state index contributed by atoms with van der Waals surface area (Å²) in [5.41, 5.74) is 0. The lowest BCUT2D eigenvalue weighted by Crippen LogP contribution is -2.50. The Morgan fingerprint density at radius 2 is 1.94 bits per heavy atom. The molecule has 0 aromatic heterocycles. The van der Waals surface area contributed by atoms with Gasteiger partial charge in [0, 0.05) is 26.1 Å². The van der Waals surface area contributed by atoms with Crippen LogP contribution in [0.4, 0.5) is 0 Å². The number of carbonyl (C=O) groups is 2. The van der Waals surface area contributed by atoms with Crippen molar-refractivity contribution in [1.29, 1.82) is 0 Å². The van der Waals surface area contributed by atoms with Gasteiger partial charge in [0.15, 0.2) is 0 Å². The highest BCUT2D eigenvalue weighted by Crippen LogP contribution is 2.04. The molecule has 1 rings (SSSR count). The highest BCUT2D eigenvalue weighted by molar-refractivity contribution is 5.79. The van der Waals surface area contributed by atoms with Gasteiger partial charge in [0.25, 0.3) is 0 Å². The van der Waals surface area contributed by atoms with E-state index in [4.69, 9.17) is 0 Å². The molecular weight excluding hydrogens is 220 g/mol. The average molecular weight is 242 g/mol. The van der Waals surface area contributed by atoms with Crippen LogP contribution in [0, 0.1) is 5.92 Å². The van der Waals surface area contributed by atoms with Crippen molar-refractivity contribution in [2.75, 3.05) is 26.7 Å². The summed E-state index contributed by atoms with van der Waals surface area (Å²) in [6, 6.07) is 0. The summed E-state index contributed by atoms with van der Waals surface area (Å²) in [5, 5.41) is 6.00. The van der Waals surface area contributed by atoms with Gasteiger partial charge >= 0.3 is 5.97 Å². The van der Waals surface area contributed by atoms with Gasteiger partial charge in [-0.1, -0.05) is 12.8 Å². The molecule has 0 radical (unpaired) electrons. The van der Waals surface area contributed by atoms with Crippen LogP contribution in [0.25, 0.3) is 0 Å². The molecule has 2 N–H and O–H groups in total. The van der Waals surface area contributed by atoms with Gasteiger partial charge < -0.3 is 15.4 Å². The molecule has 0 atom stereocenters. The zero-order chi connectivity index (χ0) is 12.5. The number of esters is 1. The zero-order valence-electron chi connectivity index (χ0n) is 10.5. The van der Waals surface area contributed by atoms with Gasteiger partial charge in [0.05, 0.1) is 13.0 Å². The summed E-state index contributed by atoms with van der Waals surface area (Å²) in [6.07, 6.45) is 4.40. The lowest BCUT2D eigenvalue weighted by molar-refractivity contribution is -0.140. The standard InChI is InChI=1S/C12H22N2O3/c1-17-11(15)6-4-2-3-5-7-14-12(16)10-8-13-9-10/h10,13H,2-9H2,1H3,(H,14,16). The fourth-order valence-corrected chi connectivity index (χ4v) is 1.68. The molecule has 1 fully saturated rings. The number of nitrogens with one attached hydrogen (secondary N) is 2. The summed E-state index contributed by atoms with van der Waals surface area (Å²) in [6.45, 7) is 2.36. The Balaban J connectivity index is 1.84. The van der Waals surface area contributed by atoms with E-state index < -0.39 is 0 Å². The van der Waals surface area contributed by atoms with Gasteiger partial charge in [0.1, 0.15) is 0 Å². The minimum absolute atomic E-state index is 0.143. The van der Waals surface area contributed by atoms with Crippen LogP contribution >= 0.6 is 0 Å². The van der Waals surface area contributed by atoms with E-state index in [9.17, 15) is 9.59 Å². The first-order valence-corrected chi connectivity index (χ1v) is 6.29. The van der Waals surface area contributed by atoms with Crippen LogP contribution in [0.1, 0.15) is 32.1 Å². The molecule has 1 aliphatic heterocycles. The van der Waals surface area contributed by atoms with E-state index in [1.165, 1.54) is 7.11 Å². The molecule has 1 saturated heterocycles. The molecule has 0 aliphatic carbocycles. The third-order valence-corrected chi connectivity index (χ3v) is 2.99. The fraction of sp³-hybridized carbons (Fsp3) is 0.833. The number of hydrogen-bond acceptors (Lipinski definition) is 4. The van der Waals surface area contributed by atoms with Crippen molar-refractivity contribution in [3.8, 4) is 0 Å². The zero-order valence-corrected chi connectivity index (χ0v) is 10.5. The Morgan fingerprint density at radius 1 is 1.24 bits per heavy atom. The Kier molecular flexibility index (Phi) is 6.62. The molecule has 0 spiro atoms. The Hall–Kier alpha value is -1.10. The van der Waals surface area contributed by atoms with Crippen LogP contribution in [0.2, 0.25) is 0 Å². The van der Waals surface area contributed by atoms with Gasteiger partial charge in [0.2, 0.25) is 5.91 Å². The molecule has 0 saturated carbocycles. The second-order valence-corrected chi connectivity index (χ2v) is 4.39. The van der Waals surface area contributed by atoms with E-state index in [0.717, 1.165) is 45.3 Å². The highest BCUT2D eigenvalue weighted by Gasteiger charge is 2.23. The van der Waals surface area contributed by atoms with Crippen molar-refractivity contribution in [1.82, 2.24) is 10.6 Å². The molecular formula is C12H22N2O3. The normalized spacial score (nSPS) is 15.1. The molecule has 98 valence electrons. The van der Waals surface area contributed by atoms with Gasteiger partial charge in [-0.15, -0.1) is 0 Å². The number of methoxy groups -OCH3 is 1. The minimum Gasteiger partial charge on any atom is -0.469 e. The first-order valence-electron chi connectivity index (χ1n) is 6.29. The average Bonchev–Trinajstić information content (AvgIpc) is 2.25. The first-order chi connectivity index (χ1) is 8.24. The Bertz CT molecular complexity index is 252. The molecule has 0 aromatic rings. The maximum Gasteiger partial charge on any atom is 0.305 e. The van der Waals surface area contributed by atoms with Crippen molar-refractivity contribution in [3.05, 3.63) is 0 Å². The molecule has 1 heterocycles. The van der Waals surface area contributed by atoms with Crippen LogP contribution in [0.3, 0.4) is 0 Å². The molecule has 5 heteroatoms. The van der Waals surface area contributed by atoms with Crippen LogP contribution in [-0.4, -0.2) is 38.6 Å². The molecule has 1 aliphatic rings. The molecule has 5 nitrogen and oxygen atoms in total. The lowest BCUT2D eigenvalue weighted by Gasteiger charge is -2.25. The summed E-state index contributed by atoms with van der Waals surface area (Å²) < 4.78 is 4.55.